The van der Waals surface area contributed by atoms with Crippen LogP contribution in [0.5, 0.6) is 0 Å². The van der Waals surface area contributed by atoms with Crippen LogP contribution in [-0.2, 0) is 24.0 Å². The van der Waals surface area contributed by atoms with Gasteiger partial charge in [-0.05, 0) is 24.7 Å². The smallest absolute Gasteiger partial charge is 0.328 e. The lowest BCUT2D eigenvalue weighted by atomic mass is 9.96. The molecule has 32 heavy (non-hydrogen) atoms. The van der Waals surface area contributed by atoms with Crippen molar-refractivity contribution in [2.75, 3.05) is 6.61 Å². The molecule has 0 aromatic rings. The summed E-state index contributed by atoms with van der Waals surface area (Å²) in [6, 6.07) is -4.65. The number of hydrogen-bond acceptors (Lipinski definition) is 7. The Morgan fingerprint density at radius 2 is 1.47 bits per heavy atom. The summed E-state index contributed by atoms with van der Waals surface area (Å²) in [4.78, 5) is 60.0. The van der Waals surface area contributed by atoms with E-state index in [0.29, 0.717) is 6.42 Å². The molecule has 0 saturated heterocycles. The van der Waals surface area contributed by atoms with Gasteiger partial charge in [-0.15, -0.1) is 0 Å². The molecular formula is C20H37N5O7. The van der Waals surface area contributed by atoms with Crippen molar-refractivity contribution in [1.29, 1.82) is 0 Å². The Hall–Kier alpha value is -2.73. The van der Waals surface area contributed by atoms with Crippen LogP contribution < -0.4 is 27.4 Å². The second-order valence-corrected chi connectivity index (χ2v) is 8.26. The lowest BCUT2D eigenvalue weighted by Crippen LogP contribution is -2.59. The highest BCUT2D eigenvalue weighted by molar-refractivity contribution is 5.94. The third-order valence-electron chi connectivity index (χ3n) is 4.97. The van der Waals surface area contributed by atoms with Crippen LogP contribution in [0.15, 0.2) is 0 Å². The molecule has 5 unspecified atom stereocenters. The second kappa shape index (κ2) is 14.4. The van der Waals surface area contributed by atoms with Gasteiger partial charge in [-0.25, -0.2) is 4.79 Å². The number of primary amides is 1. The van der Waals surface area contributed by atoms with Crippen LogP contribution in [0.2, 0.25) is 0 Å². The highest BCUT2D eigenvalue weighted by atomic mass is 16.4. The van der Waals surface area contributed by atoms with Gasteiger partial charge < -0.3 is 37.6 Å². The number of carbonyl (C=O) groups excluding carboxylic acids is 4. The number of amides is 4. The van der Waals surface area contributed by atoms with Crippen molar-refractivity contribution in [1.82, 2.24) is 16.0 Å². The molecule has 12 heteroatoms. The number of aliphatic carboxylic acids is 1. The molecule has 0 aliphatic rings. The largest absolute Gasteiger partial charge is 0.480 e. The Labute approximate surface area is 187 Å². The molecule has 0 spiro atoms. The minimum Gasteiger partial charge on any atom is -0.480 e. The first kappa shape index (κ1) is 29.3. The van der Waals surface area contributed by atoms with E-state index in [9.17, 15) is 24.0 Å². The quantitative estimate of drug-likeness (QED) is 0.148. The van der Waals surface area contributed by atoms with Crippen molar-refractivity contribution in [2.45, 2.75) is 77.5 Å². The topological polar surface area (TPSA) is 214 Å². The zero-order valence-corrected chi connectivity index (χ0v) is 19.1. The third-order valence-corrected chi connectivity index (χ3v) is 4.97. The number of carbonyl (C=O) groups is 5. The van der Waals surface area contributed by atoms with Crippen LogP contribution in [0, 0.1) is 11.8 Å². The highest BCUT2D eigenvalue weighted by Crippen LogP contribution is 2.11. The maximum absolute atomic E-state index is 12.9. The average molecular weight is 460 g/mol. The van der Waals surface area contributed by atoms with Gasteiger partial charge in [-0.3, -0.25) is 19.2 Å². The van der Waals surface area contributed by atoms with Gasteiger partial charge in [0.15, 0.2) is 0 Å². The Bertz CT molecular complexity index is 671. The summed E-state index contributed by atoms with van der Waals surface area (Å²) in [6.07, 6.45) is 0.687. The van der Waals surface area contributed by atoms with E-state index in [2.05, 4.69) is 16.0 Å². The SMILES string of the molecule is CCC(C)C(NC(=O)C(CC(C)C)NC(=O)C(N)CCC(N)=O)C(=O)NC(CO)C(=O)O. The number of nitrogens with two attached hydrogens (primary N) is 2. The van der Waals surface area contributed by atoms with Crippen LogP contribution in [-0.4, -0.2) is 70.6 Å². The molecule has 9 N–H and O–H groups in total. The number of carboxylic acid groups (broad SMARTS) is 1. The van der Waals surface area contributed by atoms with Crippen LogP contribution >= 0.6 is 0 Å². The van der Waals surface area contributed by atoms with Crippen molar-refractivity contribution >= 4 is 29.6 Å². The summed E-state index contributed by atoms with van der Waals surface area (Å²) in [5.41, 5.74) is 10.8. The van der Waals surface area contributed by atoms with E-state index in [-0.39, 0.29) is 31.1 Å². The first-order valence-corrected chi connectivity index (χ1v) is 10.6. The third kappa shape index (κ3) is 10.5. The highest BCUT2D eigenvalue weighted by Gasteiger charge is 2.32. The molecule has 184 valence electrons. The summed E-state index contributed by atoms with van der Waals surface area (Å²) >= 11 is 0. The van der Waals surface area contributed by atoms with E-state index < -0.39 is 60.4 Å². The van der Waals surface area contributed by atoms with E-state index in [0.717, 1.165) is 0 Å². The molecule has 5 atom stereocenters. The molecule has 0 aromatic carbocycles. The summed E-state index contributed by atoms with van der Waals surface area (Å²) in [7, 11) is 0. The first-order chi connectivity index (χ1) is 14.8. The van der Waals surface area contributed by atoms with Gasteiger partial charge in [0.05, 0.1) is 12.6 Å². The van der Waals surface area contributed by atoms with Crippen molar-refractivity contribution < 1.29 is 34.2 Å². The van der Waals surface area contributed by atoms with Crippen molar-refractivity contribution in [3.8, 4) is 0 Å². The Kier molecular flexibility index (Phi) is 13.1. The van der Waals surface area contributed by atoms with Gasteiger partial charge in [0.1, 0.15) is 18.1 Å². The number of nitrogens with one attached hydrogen (secondary N) is 3. The average Bonchev–Trinajstić information content (AvgIpc) is 2.71. The summed E-state index contributed by atoms with van der Waals surface area (Å²) < 4.78 is 0. The van der Waals surface area contributed by atoms with Crippen LogP contribution in [0.3, 0.4) is 0 Å². The van der Waals surface area contributed by atoms with Crippen molar-refractivity contribution in [3.05, 3.63) is 0 Å². The molecule has 4 amide bonds. The molecule has 0 aliphatic carbocycles. The van der Waals surface area contributed by atoms with Gasteiger partial charge in [0.2, 0.25) is 23.6 Å². The zero-order valence-electron chi connectivity index (χ0n) is 19.1. The summed E-state index contributed by atoms with van der Waals surface area (Å²) in [5, 5.41) is 25.5. The van der Waals surface area contributed by atoms with Gasteiger partial charge in [0.25, 0.3) is 0 Å². The van der Waals surface area contributed by atoms with Crippen LogP contribution in [0.1, 0.15) is 53.4 Å². The van der Waals surface area contributed by atoms with Crippen LogP contribution in [0.25, 0.3) is 0 Å². The fourth-order valence-electron chi connectivity index (χ4n) is 2.81. The summed E-state index contributed by atoms with van der Waals surface area (Å²) in [6.45, 7) is 6.38. The number of hydrogen-bond donors (Lipinski definition) is 7. The van der Waals surface area contributed by atoms with Gasteiger partial charge >= 0.3 is 5.97 Å². The first-order valence-electron chi connectivity index (χ1n) is 10.6. The fourth-order valence-corrected chi connectivity index (χ4v) is 2.81. The normalized spacial score (nSPS) is 15.7. The van der Waals surface area contributed by atoms with Gasteiger partial charge in [-0.2, -0.15) is 0 Å². The molecule has 0 aromatic heterocycles. The lowest BCUT2D eigenvalue weighted by molar-refractivity contribution is -0.143. The minimum absolute atomic E-state index is 0.00884. The Morgan fingerprint density at radius 3 is 1.91 bits per heavy atom. The van der Waals surface area contributed by atoms with Gasteiger partial charge in [0, 0.05) is 6.42 Å². The standard InChI is InChI=1S/C20H37N5O7/c1-5-11(4)16(19(30)24-14(9-26)20(31)32)25-18(29)13(8-10(2)3)23-17(28)12(21)6-7-15(22)27/h10-14,16,26H,5-9,21H2,1-4H3,(H2,22,27)(H,23,28)(H,24,30)(H,25,29)(H,31,32). The number of rotatable bonds is 15. The maximum atomic E-state index is 12.9. The Morgan fingerprint density at radius 1 is 0.906 bits per heavy atom. The predicted molar refractivity (Wildman–Crippen MR) is 116 cm³/mol. The Balaban J connectivity index is 5.44. The second-order valence-electron chi connectivity index (χ2n) is 8.26. The van der Waals surface area contributed by atoms with Crippen LogP contribution in [0.4, 0.5) is 0 Å². The number of carboxylic acids is 1. The number of aliphatic hydroxyl groups is 1. The molecule has 0 radical (unpaired) electrons. The van der Waals surface area contributed by atoms with E-state index >= 15 is 0 Å². The van der Waals surface area contributed by atoms with E-state index in [4.69, 9.17) is 21.7 Å². The molecule has 0 bridgehead atoms. The molecule has 0 heterocycles. The van der Waals surface area contributed by atoms with Gasteiger partial charge in [-0.1, -0.05) is 34.1 Å². The van der Waals surface area contributed by atoms with Crippen molar-refractivity contribution in [3.63, 3.8) is 0 Å². The molecule has 0 fully saturated rings. The van der Waals surface area contributed by atoms with E-state index in [1.165, 1.54) is 0 Å². The summed E-state index contributed by atoms with van der Waals surface area (Å²) in [5.74, 6) is -4.40. The predicted octanol–water partition coefficient (Wildman–Crippen LogP) is -1.80. The van der Waals surface area contributed by atoms with Crippen molar-refractivity contribution in [2.24, 2.45) is 23.3 Å². The van der Waals surface area contributed by atoms with E-state index in [1.54, 1.807) is 13.8 Å². The molecule has 12 nitrogen and oxygen atoms in total. The number of aliphatic hydroxyl groups excluding tert-OH is 1. The molecule has 0 aliphatic heterocycles. The lowest BCUT2D eigenvalue weighted by Gasteiger charge is -2.28. The van der Waals surface area contributed by atoms with E-state index in [1.807, 2.05) is 13.8 Å². The zero-order chi connectivity index (χ0) is 25.0. The molecule has 0 rings (SSSR count). The monoisotopic (exact) mass is 459 g/mol. The fraction of sp³-hybridized carbons (Fsp3) is 0.750. The maximum Gasteiger partial charge on any atom is 0.328 e. The minimum atomic E-state index is -1.51. The molecule has 0 saturated carbocycles. The molecular weight excluding hydrogens is 422 g/mol.